The predicted octanol–water partition coefficient (Wildman–Crippen LogP) is 3.36. The van der Waals surface area contributed by atoms with Crippen molar-refractivity contribution in [3.8, 4) is 22.9 Å². The lowest BCUT2D eigenvalue weighted by Crippen LogP contribution is -2.37. The first-order chi connectivity index (χ1) is 13.6. The molecule has 8 heteroatoms. The number of ether oxygens (including phenoxy) is 2. The second-order valence-electron chi connectivity index (χ2n) is 5.93. The number of nitrogens with one attached hydrogen (secondary N) is 1. The van der Waals surface area contributed by atoms with Crippen LogP contribution in [0.3, 0.4) is 0 Å². The van der Waals surface area contributed by atoms with Gasteiger partial charge in [-0.2, -0.15) is 4.98 Å². The lowest BCUT2D eigenvalue weighted by atomic mass is 10.2. The number of carbonyl (C=O) groups excluding carboxylic acids is 1. The van der Waals surface area contributed by atoms with Gasteiger partial charge in [-0.3, -0.25) is 4.79 Å². The number of halogens is 1. The molecule has 0 bridgehead atoms. The third kappa shape index (κ3) is 4.85. The zero-order chi connectivity index (χ0) is 19.9. The molecule has 0 saturated heterocycles. The summed E-state index contributed by atoms with van der Waals surface area (Å²) >= 11 is 0. The van der Waals surface area contributed by atoms with Crippen LogP contribution in [0.25, 0.3) is 11.4 Å². The Morgan fingerprint density at radius 1 is 1.21 bits per heavy atom. The van der Waals surface area contributed by atoms with Crippen LogP contribution in [0.5, 0.6) is 11.5 Å². The van der Waals surface area contributed by atoms with Gasteiger partial charge >= 0.3 is 0 Å². The molecule has 28 heavy (non-hydrogen) atoms. The number of rotatable bonds is 8. The molecule has 0 aliphatic carbocycles. The Kier molecular flexibility index (Phi) is 6.21. The maximum atomic E-state index is 13.0. The summed E-state index contributed by atoms with van der Waals surface area (Å²) in [7, 11) is 1.58. The minimum absolute atomic E-state index is 0.0685. The summed E-state index contributed by atoms with van der Waals surface area (Å²) in [6.07, 6.45) is -0.270. The fourth-order valence-electron chi connectivity index (χ4n) is 2.48. The zero-order valence-corrected chi connectivity index (χ0v) is 15.5. The van der Waals surface area contributed by atoms with E-state index in [-0.39, 0.29) is 24.2 Å². The number of methoxy groups -OCH3 is 1. The molecule has 1 aromatic heterocycles. The van der Waals surface area contributed by atoms with Gasteiger partial charge in [-0.05, 0) is 42.8 Å². The molecule has 0 radical (unpaired) electrons. The second kappa shape index (κ2) is 8.98. The maximum Gasteiger partial charge on any atom is 0.261 e. The Hall–Kier alpha value is -3.42. The Bertz CT molecular complexity index is 927. The summed E-state index contributed by atoms with van der Waals surface area (Å²) in [4.78, 5) is 16.6. The largest absolute Gasteiger partial charge is 0.497 e. The van der Waals surface area contributed by atoms with Crippen molar-refractivity contribution in [2.75, 3.05) is 7.11 Å². The van der Waals surface area contributed by atoms with Crippen molar-refractivity contribution in [3.63, 3.8) is 0 Å². The van der Waals surface area contributed by atoms with Crippen LogP contribution in [0.1, 0.15) is 19.2 Å². The van der Waals surface area contributed by atoms with E-state index in [1.807, 2.05) is 25.1 Å². The molecule has 1 amide bonds. The van der Waals surface area contributed by atoms with E-state index in [2.05, 4.69) is 15.5 Å². The summed E-state index contributed by atoms with van der Waals surface area (Å²) in [5, 5.41) is 6.63. The van der Waals surface area contributed by atoms with Crippen molar-refractivity contribution in [1.82, 2.24) is 15.5 Å². The van der Waals surface area contributed by atoms with Gasteiger partial charge < -0.3 is 19.3 Å². The molecule has 1 unspecified atom stereocenters. The van der Waals surface area contributed by atoms with Crippen molar-refractivity contribution in [2.24, 2.45) is 0 Å². The Labute approximate surface area is 161 Å². The smallest absolute Gasteiger partial charge is 0.261 e. The van der Waals surface area contributed by atoms with Gasteiger partial charge in [-0.15, -0.1) is 0 Å². The molecule has 0 saturated carbocycles. The normalized spacial score (nSPS) is 11.7. The second-order valence-corrected chi connectivity index (χ2v) is 5.93. The summed E-state index contributed by atoms with van der Waals surface area (Å²) in [6.45, 7) is 1.89. The molecule has 0 spiro atoms. The Balaban J connectivity index is 1.59. The third-order valence-electron chi connectivity index (χ3n) is 3.97. The minimum Gasteiger partial charge on any atom is -0.497 e. The van der Waals surface area contributed by atoms with Crippen molar-refractivity contribution >= 4 is 5.91 Å². The molecule has 1 heterocycles. The van der Waals surface area contributed by atoms with E-state index in [1.54, 1.807) is 13.2 Å². The van der Waals surface area contributed by atoms with Crippen LogP contribution in [-0.2, 0) is 11.3 Å². The van der Waals surface area contributed by atoms with Gasteiger partial charge in [0, 0.05) is 5.56 Å². The van der Waals surface area contributed by atoms with Crippen LogP contribution in [0.2, 0.25) is 0 Å². The minimum atomic E-state index is -0.716. The van der Waals surface area contributed by atoms with Gasteiger partial charge in [0.25, 0.3) is 5.91 Å². The van der Waals surface area contributed by atoms with Gasteiger partial charge in [0.15, 0.2) is 6.10 Å². The van der Waals surface area contributed by atoms with Gasteiger partial charge in [0.2, 0.25) is 11.7 Å². The van der Waals surface area contributed by atoms with Crippen molar-refractivity contribution in [2.45, 2.75) is 26.0 Å². The third-order valence-corrected chi connectivity index (χ3v) is 3.97. The Morgan fingerprint density at radius 2 is 2.00 bits per heavy atom. The molecular weight excluding hydrogens is 365 g/mol. The molecule has 0 aliphatic rings. The lowest BCUT2D eigenvalue weighted by molar-refractivity contribution is -0.128. The van der Waals surface area contributed by atoms with E-state index in [9.17, 15) is 9.18 Å². The molecular formula is C20H20FN3O4. The van der Waals surface area contributed by atoms with E-state index < -0.39 is 6.10 Å². The first-order valence-corrected chi connectivity index (χ1v) is 8.76. The van der Waals surface area contributed by atoms with E-state index in [4.69, 9.17) is 14.0 Å². The number of carbonyl (C=O) groups is 1. The SMILES string of the molecule is CCC(Oc1ccc(F)cc1)C(=O)NCc1nc(-c2cccc(OC)c2)no1. The highest BCUT2D eigenvalue weighted by molar-refractivity contribution is 5.81. The van der Waals surface area contributed by atoms with E-state index in [0.29, 0.717) is 23.7 Å². The summed E-state index contributed by atoms with van der Waals surface area (Å²) in [6, 6.07) is 12.8. The monoisotopic (exact) mass is 385 g/mol. The molecule has 3 aromatic rings. The quantitative estimate of drug-likeness (QED) is 0.640. The lowest BCUT2D eigenvalue weighted by Gasteiger charge is -2.16. The van der Waals surface area contributed by atoms with Crippen molar-refractivity contribution in [1.29, 1.82) is 0 Å². The molecule has 7 nitrogen and oxygen atoms in total. The standard InChI is InChI=1S/C20H20FN3O4/c1-3-17(27-15-9-7-14(21)8-10-15)20(25)22-12-18-23-19(24-28-18)13-5-4-6-16(11-13)26-2/h4-11,17H,3,12H2,1-2H3,(H,22,25). The van der Waals surface area contributed by atoms with E-state index >= 15 is 0 Å². The Morgan fingerprint density at radius 3 is 2.71 bits per heavy atom. The van der Waals surface area contributed by atoms with E-state index in [1.165, 1.54) is 24.3 Å². The topological polar surface area (TPSA) is 86.5 Å². The highest BCUT2D eigenvalue weighted by atomic mass is 19.1. The van der Waals surface area contributed by atoms with Gasteiger partial charge in [0.1, 0.15) is 17.3 Å². The predicted molar refractivity (Wildman–Crippen MR) is 99.2 cm³/mol. The molecule has 1 atom stereocenters. The number of nitrogens with zero attached hydrogens (tertiary/aromatic N) is 2. The molecule has 3 rings (SSSR count). The first kappa shape index (κ1) is 19.3. The number of amides is 1. The molecule has 0 aliphatic heterocycles. The van der Waals surface area contributed by atoms with Crippen LogP contribution in [0, 0.1) is 5.82 Å². The molecule has 0 fully saturated rings. The van der Waals surface area contributed by atoms with Crippen LogP contribution in [0.4, 0.5) is 4.39 Å². The van der Waals surface area contributed by atoms with Crippen molar-refractivity contribution < 1.29 is 23.2 Å². The maximum absolute atomic E-state index is 13.0. The van der Waals surface area contributed by atoms with Gasteiger partial charge in [0.05, 0.1) is 13.7 Å². The average Bonchev–Trinajstić information content (AvgIpc) is 3.21. The number of hydrogen-bond acceptors (Lipinski definition) is 6. The van der Waals surface area contributed by atoms with Crippen molar-refractivity contribution in [3.05, 3.63) is 60.2 Å². The highest BCUT2D eigenvalue weighted by Gasteiger charge is 2.19. The number of benzene rings is 2. The number of aromatic nitrogens is 2. The highest BCUT2D eigenvalue weighted by Crippen LogP contribution is 2.21. The van der Waals surface area contributed by atoms with Gasteiger partial charge in [-0.1, -0.05) is 24.2 Å². The van der Waals surface area contributed by atoms with Crippen LogP contribution < -0.4 is 14.8 Å². The van der Waals surface area contributed by atoms with Gasteiger partial charge in [-0.25, -0.2) is 4.39 Å². The molecule has 1 N–H and O–H groups in total. The fourth-order valence-corrected chi connectivity index (χ4v) is 2.48. The summed E-state index contributed by atoms with van der Waals surface area (Å²) in [5.41, 5.74) is 0.742. The molecule has 146 valence electrons. The summed E-state index contributed by atoms with van der Waals surface area (Å²) in [5.74, 6) is 1.07. The number of hydrogen-bond donors (Lipinski definition) is 1. The molecule has 2 aromatic carbocycles. The van der Waals surface area contributed by atoms with Crippen LogP contribution in [-0.4, -0.2) is 29.3 Å². The summed E-state index contributed by atoms with van der Waals surface area (Å²) < 4.78 is 29.0. The zero-order valence-electron chi connectivity index (χ0n) is 15.5. The van der Waals surface area contributed by atoms with Crippen LogP contribution >= 0.6 is 0 Å². The fraction of sp³-hybridized carbons (Fsp3) is 0.250. The first-order valence-electron chi connectivity index (χ1n) is 8.76. The van der Waals surface area contributed by atoms with Crippen LogP contribution in [0.15, 0.2) is 53.1 Å². The van der Waals surface area contributed by atoms with E-state index in [0.717, 1.165) is 5.56 Å². The average molecular weight is 385 g/mol.